The molecule has 0 saturated carbocycles. The molecule has 1 atom stereocenters. The van der Waals surface area contributed by atoms with Crippen molar-refractivity contribution in [1.82, 2.24) is 4.72 Å². The summed E-state index contributed by atoms with van der Waals surface area (Å²) < 4.78 is 39.6. The van der Waals surface area contributed by atoms with Gasteiger partial charge < -0.3 is 9.15 Å². The smallest absolute Gasteiger partial charge is 0.336 e. The first-order valence-corrected chi connectivity index (χ1v) is 13.0. The zero-order valence-electron chi connectivity index (χ0n) is 20.0. The van der Waals surface area contributed by atoms with Crippen molar-refractivity contribution in [3.05, 3.63) is 69.6 Å². The van der Waals surface area contributed by atoms with E-state index in [0.717, 1.165) is 29.5 Å². The van der Waals surface area contributed by atoms with Gasteiger partial charge in [-0.1, -0.05) is 50.8 Å². The molecule has 1 aromatic heterocycles. The minimum absolute atomic E-state index is 0.0837. The molecule has 182 valence electrons. The number of ether oxygens (including phenoxy) is 1. The summed E-state index contributed by atoms with van der Waals surface area (Å²) in [4.78, 5) is 25.3. The van der Waals surface area contributed by atoms with Crippen molar-refractivity contribution < 1.29 is 22.4 Å². The van der Waals surface area contributed by atoms with Gasteiger partial charge >= 0.3 is 11.6 Å². The molecule has 0 spiro atoms. The van der Waals surface area contributed by atoms with Crippen LogP contribution in [-0.4, -0.2) is 20.4 Å². The van der Waals surface area contributed by atoms with Gasteiger partial charge in [0.2, 0.25) is 10.0 Å². The van der Waals surface area contributed by atoms with Crippen molar-refractivity contribution in [2.45, 2.75) is 70.7 Å². The van der Waals surface area contributed by atoms with Gasteiger partial charge in [-0.2, -0.15) is 4.72 Å². The Kier molecular flexibility index (Phi) is 8.28. The molecular weight excluding hydrogens is 454 g/mol. The number of benzene rings is 2. The molecule has 0 bridgehead atoms. The second-order valence-corrected chi connectivity index (χ2v) is 10.2. The summed E-state index contributed by atoms with van der Waals surface area (Å²) in [6, 6.07) is 10.2. The minimum atomic E-state index is -3.93. The SMILES string of the molecule is CCCC[C@H](NS(=O)(=O)c1ccc(C)cc1)C(=O)Oc1cc(C)cc2oc(=O)cc(CCC)c12. The molecule has 0 aliphatic carbocycles. The fourth-order valence-electron chi connectivity index (χ4n) is 3.80. The molecule has 0 aliphatic rings. The summed E-state index contributed by atoms with van der Waals surface area (Å²) in [7, 11) is -3.93. The van der Waals surface area contributed by atoms with E-state index in [-0.39, 0.29) is 10.6 Å². The Labute approximate surface area is 200 Å². The molecular formula is C26H31NO6S. The lowest BCUT2D eigenvalue weighted by atomic mass is 10.0. The monoisotopic (exact) mass is 485 g/mol. The summed E-state index contributed by atoms with van der Waals surface area (Å²) in [6.07, 6.45) is 3.11. The van der Waals surface area contributed by atoms with E-state index in [1.165, 1.54) is 18.2 Å². The van der Waals surface area contributed by atoms with Gasteiger partial charge in [0.15, 0.2) is 0 Å². The highest BCUT2D eigenvalue weighted by atomic mass is 32.2. The first kappa shape index (κ1) is 25.6. The van der Waals surface area contributed by atoms with E-state index in [0.29, 0.717) is 30.2 Å². The average Bonchev–Trinajstić information content (AvgIpc) is 2.76. The van der Waals surface area contributed by atoms with Gasteiger partial charge in [-0.3, -0.25) is 0 Å². The number of hydrogen-bond donors (Lipinski definition) is 1. The van der Waals surface area contributed by atoms with E-state index in [1.807, 2.05) is 20.8 Å². The number of hydrogen-bond acceptors (Lipinski definition) is 6. The number of esters is 1. The van der Waals surface area contributed by atoms with Crippen LogP contribution in [0.3, 0.4) is 0 Å². The van der Waals surface area contributed by atoms with Crippen molar-refractivity contribution in [1.29, 1.82) is 0 Å². The van der Waals surface area contributed by atoms with Crippen LogP contribution < -0.4 is 15.1 Å². The van der Waals surface area contributed by atoms with Crippen LogP contribution in [-0.2, 0) is 21.2 Å². The number of carbonyl (C=O) groups excluding carboxylic acids is 1. The van der Waals surface area contributed by atoms with Crippen molar-refractivity contribution in [3.8, 4) is 5.75 Å². The first-order chi connectivity index (χ1) is 16.1. The van der Waals surface area contributed by atoms with Gasteiger partial charge in [0.05, 0.1) is 10.3 Å². The number of nitrogens with one attached hydrogen (secondary N) is 1. The quantitative estimate of drug-likeness (QED) is 0.251. The summed E-state index contributed by atoms with van der Waals surface area (Å²) in [5.41, 5.74) is 2.27. The number of aryl methyl sites for hydroxylation is 3. The Morgan fingerprint density at radius 2 is 1.74 bits per heavy atom. The lowest BCUT2D eigenvalue weighted by molar-refractivity contribution is -0.136. The Morgan fingerprint density at radius 1 is 1.03 bits per heavy atom. The highest BCUT2D eigenvalue weighted by molar-refractivity contribution is 7.89. The average molecular weight is 486 g/mol. The predicted molar refractivity (Wildman–Crippen MR) is 132 cm³/mol. The van der Waals surface area contributed by atoms with Crippen LogP contribution in [0.2, 0.25) is 0 Å². The van der Waals surface area contributed by atoms with Crippen molar-refractivity contribution in [3.63, 3.8) is 0 Å². The number of sulfonamides is 1. The van der Waals surface area contributed by atoms with Crippen molar-refractivity contribution >= 4 is 27.0 Å². The van der Waals surface area contributed by atoms with E-state index in [4.69, 9.17) is 9.15 Å². The molecule has 0 aliphatic heterocycles. The highest BCUT2D eigenvalue weighted by Crippen LogP contribution is 2.31. The molecule has 34 heavy (non-hydrogen) atoms. The van der Waals surface area contributed by atoms with Gasteiger partial charge in [0.25, 0.3) is 0 Å². The molecule has 0 radical (unpaired) electrons. The second kappa shape index (κ2) is 11.0. The molecule has 2 aromatic carbocycles. The van der Waals surface area contributed by atoms with E-state index in [9.17, 15) is 18.0 Å². The first-order valence-electron chi connectivity index (χ1n) is 11.5. The number of carbonyl (C=O) groups is 1. The maximum Gasteiger partial charge on any atom is 0.336 e. The van der Waals surface area contributed by atoms with Crippen LogP contribution in [0.25, 0.3) is 11.0 Å². The Morgan fingerprint density at radius 3 is 2.38 bits per heavy atom. The second-order valence-electron chi connectivity index (χ2n) is 8.53. The van der Waals surface area contributed by atoms with Gasteiger partial charge in [0.1, 0.15) is 17.4 Å². The fraction of sp³-hybridized carbons (Fsp3) is 0.385. The van der Waals surface area contributed by atoms with E-state index >= 15 is 0 Å². The fourth-order valence-corrected chi connectivity index (χ4v) is 5.02. The topological polar surface area (TPSA) is 103 Å². The number of fused-ring (bicyclic) bond motifs is 1. The molecule has 0 amide bonds. The third-order valence-electron chi connectivity index (χ3n) is 5.52. The van der Waals surface area contributed by atoms with Gasteiger partial charge in [-0.15, -0.1) is 0 Å². The lowest BCUT2D eigenvalue weighted by Gasteiger charge is -2.19. The molecule has 7 nitrogen and oxygen atoms in total. The third kappa shape index (κ3) is 6.12. The molecule has 1 heterocycles. The van der Waals surface area contributed by atoms with Crippen LogP contribution in [0.1, 0.15) is 56.2 Å². The van der Waals surface area contributed by atoms with Crippen LogP contribution in [0.5, 0.6) is 5.75 Å². The van der Waals surface area contributed by atoms with Crippen LogP contribution in [0, 0.1) is 13.8 Å². The normalized spacial score (nSPS) is 12.6. The molecule has 3 rings (SSSR count). The predicted octanol–water partition coefficient (Wildman–Crippen LogP) is 4.81. The Balaban J connectivity index is 1.97. The number of unbranched alkanes of at least 4 members (excludes halogenated alkanes) is 1. The molecule has 0 saturated heterocycles. The van der Waals surface area contributed by atoms with Crippen LogP contribution >= 0.6 is 0 Å². The van der Waals surface area contributed by atoms with E-state index in [1.54, 1.807) is 31.2 Å². The lowest BCUT2D eigenvalue weighted by Crippen LogP contribution is -2.43. The molecule has 1 N–H and O–H groups in total. The van der Waals surface area contributed by atoms with E-state index in [2.05, 4.69) is 4.72 Å². The minimum Gasteiger partial charge on any atom is -0.425 e. The summed E-state index contributed by atoms with van der Waals surface area (Å²) >= 11 is 0. The maximum atomic E-state index is 13.2. The zero-order valence-corrected chi connectivity index (χ0v) is 20.8. The van der Waals surface area contributed by atoms with Crippen LogP contribution in [0.15, 0.2) is 56.6 Å². The van der Waals surface area contributed by atoms with Gasteiger partial charge in [-0.05, 0) is 62.1 Å². The third-order valence-corrected chi connectivity index (χ3v) is 7.01. The molecule has 0 unspecified atom stereocenters. The Hall–Kier alpha value is -2.97. The molecule has 0 fully saturated rings. The van der Waals surface area contributed by atoms with Crippen molar-refractivity contribution in [2.75, 3.05) is 0 Å². The standard InChI is InChI=1S/C26H31NO6S/c1-5-7-9-21(27-34(30,31)20-12-10-17(3)11-13-20)26(29)33-23-15-18(4)14-22-25(23)19(8-6-2)16-24(28)32-22/h10-16,21,27H,5-9H2,1-4H3/t21-/m0/s1. The van der Waals surface area contributed by atoms with E-state index < -0.39 is 27.7 Å². The zero-order chi connectivity index (χ0) is 24.9. The molecule has 8 heteroatoms. The van der Waals surface area contributed by atoms with Crippen molar-refractivity contribution in [2.24, 2.45) is 0 Å². The largest absolute Gasteiger partial charge is 0.425 e. The molecule has 3 aromatic rings. The highest BCUT2D eigenvalue weighted by Gasteiger charge is 2.28. The Bertz CT molecular complexity index is 1330. The number of rotatable bonds is 10. The van der Waals surface area contributed by atoms with Gasteiger partial charge in [-0.25, -0.2) is 18.0 Å². The summed E-state index contributed by atoms with van der Waals surface area (Å²) in [5.74, 6) is -0.451. The summed E-state index contributed by atoms with van der Waals surface area (Å²) in [5, 5.41) is 0.552. The van der Waals surface area contributed by atoms with Gasteiger partial charge in [0, 0.05) is 6.07 Å². The summed E-state index contributed by atoms with van der Waals surface area (Å²) in [6.45, 7) is 7.62. The maximum absolute atomic E-state index is 13.2. The van der Waals surface area contributed by atoms with Crippen LogP contribution in [0.4, 0.5) is 0 Å².